The second-order valence-electron chi connectivity index (χ2n) is 17.4. The van der Waals surface area contributed by atoms with E-state index in [2.05, 4.69) is 0 Å². The predicted octanol–water partition coefficient (Wildman–Crippen LogP) is 8.05. The van der Waals surface area contributed by atoms with E-state index >= 15 is 0 Å². The molecule has 0 amide bonds. The van der Waals surface area contributed by atoms with Crippen LogP contribution in [0.1, 0.15) is 106 Å². The molecule has 1 aromatic carbocycles. The molecule has 1 saturated carbocycles. The summed E-state index contributed by atoms with van der Waals surface area (Å²) in [5.41, 5.74) is -15.4. The van der Waals surface area contributed by atoms with E-state index in [1.54, 1.807) is 51.1 Å². The molecule has 10 nitrogen and oxygen atoms in total. The summed E-state index contributed by atoms with van der Waals surface area (Å²) in [6, 6.07) is 8.65. The zero-order valence-electron chi connectivity index (χ0n) is 33.4. The minimum absolute atomic E-state index is 0.0294. The second-order valence-corrected chi connectivity index (χ2v) is 17.4. The van der Waals surface area contributed by atoms with Crippen LogP contribution in [-0.4, -0.2) is 82.6 Å². The van der Waals surface area contributed by atoms with Crippen LogP contribution in [0.4, 0.5) is 39.5 Å². The maximum atomic E-state index is 14.1. The van der Waals surface area contributed by atoms with Crippen molar-refractivity contribution >= 4 is 23.9 Å². The minimum Gasteiger partial charge on any atom is -0.463 e. The van der Waals surface area contributed by atoms with E-state index in [9.17, 15) is 68.9 Å². The number of halogens is 9. The molecular weight excluding hydrogens is 799 g/mol. The van der Waals surface area contributed by atoms with E-state index in [4.69, 9.17) is 18.9 Å². The molecule has 0 spiro atoms. The molecule has 1 aliphatic heterocycles. The van der Waals surface area contributed by atoms with Gasteiger partial charge in [0, 0.05) is 18.3 Å². The van der Waals surface area contributed by atoms with Gasteiger partial charge in [-0.25, -0.2) is 4.79 Å². The van der Waals surface area contributed by atoms with Crippen molar-refractivity contribution in [1.82, 2.24) is 0 Å². The lowest BCUT2D eigenvalue weighted by atomic mass is 9.64. The Balaban J connectivity index is 2.02. The molecule has 2 aliphatic rings. The standard InChI is InChI=1S/C39H51F9O10/c1-9-33(6,30(52)58-32(4,5)22-13-11-10-12-14-22)21-34(7,29(51)57-26-15-16-55-27(26)49)20-31(2,3)28(50)56-25-18-23(35(8,53)37(40,41)42)17-24(19-25)36(54,38(43,44)45)39(46,47)48/h10-14,23-26,53-54H,9,15-21H2,1-8H3. The van der Waals surface area contributed by atoms with Gasteiger partial charge in [-0.1, -0.05) is 37.3 Å². The number of esters is 4. The molecule has 58 heavy (non-hydrogen) atoms. The fraction of sp³-hybridized carbons (Fsp3) is 0.744. The number of hydrogen-bond donors (Lipinski definition) is 2. The van der Waals surface area contributed by atoms with Crippen LogP contribution in [0.5, 0.6) is 0 Å². The lowest BCUT2D eigenvalue weighted by Crippen LogP contribution is -2.64. The largest absolute Gasteiger partial charge is 0.463 e. The first-order chi connectivity index (χ1) is 26.1. The molecule has 7 atom stereocenters. The summed E-state index contributed by atoms with van der Waals surface area (Å²) < 4.78 is 147. The van der Waals surface area contributed by atoms with Crippen molar-refractivity contribution in [2.45, 2.75) is 148 Å². The maximum Gasteiger partial charge on any atom is 0.426 e. The van der Waals surface area contributed by atoms with Gasteiger partial charge in [-0.15, -0.1) is 0 Å². The van der Waals surface area contributed by atoms with Gasteiger partial charge in [-0.05, 0) is 92.6 Å². The number of carbonyl (C=O) groups excluding carboxylic acids is 4. The Morgan fingerprint density at radius 1 is 0.707 bits per heavy atom. The first kappa shape index (κ1) is 48.8. The number of cyclic esters (lactones) is 1. The third kappa shape index (κ3) is 10.0. The van der Waals surface area contributed by atoms with Gasteiger partial charge < -0.3 is 29.2 Å². The van der Waals surface area contributed by atoms with Crippen molar-refractivity contribution in [2.75, 3.05) is 6.61 Å². The average Bonchev–Trinajstić information content (AvgIpc) is 3.49. The van der Waals surface area contributed by atoms with Gasteiger partial charge in [0.25, 0.3) is 5.60 Å². The first-order valence-corrected chi connectivity index (χ1v) is 18.6. The van der Waals surface area contributed by atoms with E-state index < -0.39 is 132 Å². The molecule has 1 aromatic rings. The van der Waals surface area contributed by atoms with E-state index in [1.165, 1.54) is 27.7 Å². The van der Waals surface area contributed by atoms with E-state index in [-0.39, 0.29) is 26.4 Å². The summed E-state index contributed by atoms with van der Waals surface area (Å²) in [5.74, 6) is -9.62. The number of benzene rings is 1. The summed E-state index contributed by atoms with van der Waals surface area (Å²) >= 11 is 0. The Hall–Kier alpha value is -3.61. The van der Waals surface area contributed by atoms with Gasteiger partial charge in [0.05, 0.1) is 22.9 Å². The lowest BCUT2D eigenvalue weighted by Gasteiger charge is -2.48. The van der Waals surface area contributed by atoms with Gasteiger partial charge in [0.1, 0.15) is 11.7 Å². The van der Waals surface area contributed by atoms with Crippen molar-refractivity contribution in [2.24, 2.45) is 28.1 Å². The van der Waals surface area contributed by atoms with Gasteiger partial charge in [0.2, 0.25) is 6.10 Å². The monoisotopic (exact) mass is 850 g/mol. The fourth-order valence-corrected chi connectivity index (χ4v) is 7.90. The number of alkyl halides is 9. The Morgan fingerprint density at radius 3 is 1.71 bits per heavy atom. The Kier molecular flexibility index (Phi) is 13.8. The highest BCUT2D eigenvalue weighted by Gasteiger charge is 2.75. The van der Waals surface area contributed by atoms with Crippen LogP contribution in [0.15, 0.2) is 30.3 Å². The van der Waals surface area contributed by atoms with Crippen molar-refractivity contribution < 1.29 is 87.9 Å². The van der Waals surface area contributed by atoms with E-state index in [1.807, 2.05) is 0 Å². The van der Waals surface area contributed by atoms with E-state index in [0.29, 0.717) is 5.56 Å². The van der Waals surface area contributed by atoms with Crippen LogP contribution in [0.3, 0.4) is 0 Å². The van der Waals surface area contributed by atoms with E-state index in [0.717, 1.165) is 0 Å². The van der Waals surface area contributed by atoms with Gasteiger partial charge >= 0.3 is 42.4 Å². The number of aliphatic hydroxyl groups is 2. The van der Waals surface area contributed by atoms with Gasteiger partial charge in [-0.2, -0.15) is 39.5 Å². The first-order valence-electron chi connectivity index (χ1n) is 18.6. The average molecular weight is 851 g/mol. The Bertz CT molecular complexity index is 1640. The SMILES string of the molecule is CCC(C)(CC(C)(CC(C)(C)C(=O)OC1CC(C(C)(O)C(F)(F)F)CC(C(O)(C(F)(F)F)C(F)(F)F)C1)C(=O)OC1CCOC1=O)C(=O)OC(C)(C)c1ccccc1. The van der Waals surface area contributed by atoms with Gasteiger partial charge in [-0.3, -0.25) is 14.4 Å². The highest BCUT2D eigenvalue weighted by Crippen LogP contribution is 2.56. The molecule has 3 rings (SSSR count). The third-order valence-electron chi connectivity index (χ3n) is 11.6. The highest BCUT2D eigenvalue weighted by molar-refractivity contribution is 5.85. The summed E-state index contributed by atoms with van der Waals surface area (Å²) in [6.07, 6.45) is -27.1. The number of rotatable bonds is 14. The summed E-state index contributed by atoms with van der Waals surface area (Å²) in [4.78, 5) is 54.2. The molecule has 2 fully saturated rings. The molecule has 0 radical (unpaired) electrons. The minimum atomic E-state index is -6.45. The lowest BCUT2D eigenvalue weighted by molar-refractivity contribution is -0.391. The summed E-state index contributed by atoms with van der Waals surface area (Å²) in [7, 11) is 0. The van der Waals surface area contributed by atoms with Crippen molar-refractivity contribution in [3.8, 4) is 0 Å². The summed E-state index contributed by atoms with van der Waals surface area (Å²) in [6.45, 7) is 10.1. The Labute approximate surface area is 330 Å². The molecule has 330 valence electrons. The smallest absolute Gasteiger partial charge is 0.426 e. The molecule has 1 heterocycles. The molecule has 1 saturated heterocycles. The molecule has 2 N–H and O–H groups in total. The normalized spacial score (nSPS) is 24.4. The zero-order chi connectivity index (χ0) is 44.7. The van der Waals surface area contributed by atoms with Crippen molar-refractivity contribution in [3.05, 3.63) is 35.9 Å². The highest BCUT2D eigenvalue weighted by atomic mass is 19.4. The van der Waals surface area contributed by atoms with Crippen LogP contribution < -0.4 is 0 Å². The molecule has 19 heteroatoms. The van der Waals surface area contributed by atoms with Crippen LogP contribution in [0, 0.1) is 28.1 Å². The molecule has 0 aromatic heterocycles. The third-order valence-corrected chi connectivity index (χ3v) is 11.6. The topological polar surface area (TPSA) is 146 Å². The number of hydrogen-bond acceptors (Lipinski definition) is 10. The van der Waals surface area contributed by atoms with Crippen LogP contribution in [0.25, 0.3) is 0 Å². The molecule has 0 bridgehead atoms. The molecular formula is C39H51F9O10. The fourth-order valence-electron chi connectivity index (χ4n) is 7.90. The Morgan fingerprint density at radius 2 is 1.24 bits per heavy atom. The molecule has 1 aliphatic carbocycles. The van der Waals surface area contributed by atoms with Crippen LogP contribution >= 0.6 is 0 Å². The quantitative estimate of drug-likeness (QED) is 0.107. The predicted molar refractivity (Wildman–Crippen MR) is 185 cm³/mol. The van der Waals surface area contributed by atoms with Crippen LogP contribution in [0.2, 0.25) is 0 Å². The van der Waals surface area contributed by atoms with Crippen LogP contribution in [-0.2, 0) is 43.7 Å². The van der Waals surface area contributed by atoms with Crippen molar-refractivity contribution in [1.29, 1.82) is 0 Å². The number of ether oxygens (including phenoxy) is 4. The van der Waals surface area contributed by atoms with Crippen molar-refractivity contribution in [3.63, 3.8) is 0 Å². The zero-order valence-corrected chi connectivity index (χ0v) is 33.4. The second kappa shape index (κ2) is 16.4. The molecule has 7 unspecified atom stereocenters. The summed E-state index contributed by atoms with van der Waals surface area (Å²) in [5, 5.41) is 20.6. The van der Waals surface area contributed by atoms with Gasteiger partial charge in [0.15, 0.2) is 5.60 Å². The maximum absolute atomic E-state index is 14.1. The number of carbonyl (C=O) groups is 4.